The SMILES string of the molecule is NC(=O)C1CCC(NCCCC(=O)O)CC1. The molecule has 0 bridgehead atoms. The zero-order chi connectivity index (χ0) is 12.0. The van der Waals surface area contributed by atoms with E-state index in [1.54, 1.807) is 0 Å². The zero-order valence-electron chi connectivity index (χ0n) is 9.45. The molecule has 92 valence electrons. The Kier molecular flexibility index (Phi) is 5.25. The number of amides is 1. The summed E-state index contributed by atoms with van der Waals surface area (Å²) in [5, 5.41) is 11.8. The van der Waals surface area contributed by atoms with Gasteiger partial charge in [-0.05, 0) is 38.6 Å². The number of nitrogens with two attached hydrogens (primary N) is 1. The molecule has 1 saturated carbocycles. The lowest BCUT2D eigenvalue weighted by Gasteiger charge is -2.27. The standard InChI is InChI=1S/C11H20N2O3/c12-11(16)8-3-5-9(6-4-8)13-7-1-2-10(14)15/h8-9,13H,1-7H2,(H2,12,16)(H,14,15). The first-order chi connectivity index (χ1) is 7.59. The maximum absolute atomic E-state index is 10.9. The Hall–Kier alpha value is -1.10. The molecular formula is C11H20N2O3. The lowest BCUT2D eigenvalue weighted by Crippen LogP contribution is -2.37. The molecule has 5 nitrogen and oxygen atoms in total. The first-order valence-corrected chi connectivity index (χ1v) is 5.84. The predicted octanol–water partition coefficient (Wildman–Crippen LogP) is 0.485. The van der Waals surface area contributed by atoms with Gasteiger partial charge in [0.15, 0.2) is 0 Å². The van der Waals surface area contributed by atoms with Gasteiger partial charge < -0.3 is 16.2 Å². The summed E-state index contributed by atoms with van der Waals surface area (Å²) < 4.78 is 0. The normalized spacial score (nSPS) is 25.2. The van der Waals surface area contributed by atoms with E-state index in [1.165, 1.54) is 0 Å². The summed E-state index contributed by atoms with van der Waals surface area (Å²) in [4.78, 5) is 21.2. The van der Waals surface area contributed by atoms with Gasteiger partial charge in [0, 0.05) is 18.4 Å². The Morgan fingerprint density at radius 1 is 1.25 bits per heavy atom. The number of carbonyl (C=O) groups excluding carboxylic acids is 1. The van der Waals surface area contributed by atoms with Crippen LogP contribution in [0.15, 0.2) is 0 Å². The molecule has 0 saturated heterocycles. The molecule has 0 aliphatic heterocycles. The molecule has 1 amide bonds. The maximum Gasteiger partial charge on any atom is 0.303 e. The number of rotatable bonds is 6. The summed E-state index contributed by atoms with van der Waals surface area (Å²) in [6.07, 6.45) is 4.49. The second-order valence-electron chi connectivity index (χ2n) is 4.40. The van der Waals surface area contributed by atoms with Crippen LogP contribution in [0.5, 0.6) is 0 Å². The van der Waals surface area contributed by atoms with Crippen LogP contribution in [-0.4, -0.2) is 29.6 Å². The smallest absolute Gasteiger partial charge is 0.303 e. The van der Waals surface area contributed by atoms with E-state index in [2.05, 4.69) is 5.32 Å². The predicted molar refractivity (Wildman–Crippen MR) is 59.8 cm³/mol. The van der Waals surface area contributed by atoms with Crippen molar-refractivity contribution in [1.82, 2.24) is 5.32 Å². The van der Waals surface area contributed by atoms with Crippen molar-refractivity contribution in [2.45, 2.75) is 44.6 Å². The number of carboxylic acid groups (broad SMARTS) is 1. The molecule has 1 fully saturated rings. The van der Waals surface area contributed by atoms with Crippen molar-refractivity contribution < 1.29 is 14.7 Å². The van der Waals surface area contributed by atoms with E-state index >= 15 is 0 Å². The molecular weight excluding hydrogens is 208 g/mol. The highest BCUT2D eigenvalue weighted by atomic mass is 16.4. The highest BCUT2D eigenvalue weighted by molar-refractivity contribution is 5.76. The zero-order valence-corrected chi connectivity index (χ0v) is 9.45. The summed E-state index contributed by atoms with van der Waals surface area (Å²) in [6.45, 7) is 0.734. The first-order valence-electron chi connectivity index (χ1n) is 5.84. The lowest BCUT2D eigenvalue weighted by atomic mass is 9.85. The Balaban J connectivity index is 2.08. The van der Waals surface area contributed by atoms with Gasteiger partial charge in [-0.15, -0.1) is 0 Å². The molecule has 0 spiro atoms. The van der Waals surface area contributed by atoms with E-state index in [0.717, 1.165) is 32.2 Å². The monoisotopic (exact) mass is 228 g/mol. The van der Waals surface area contributed by atoms with Crippen molar-refractivity contribution in [3.63, 3.8) is 0 Å². The molecule has 0 atom stereocenters. The van der Waals surface area contributed by atoms with Gasteiger partial charge in [-0.3, -0.25) is 9.59 Å². The van der Waals surface area contributed by atoms with E-state index in [4.69, 9.17) is 10.8 Å². The van der Waals surface area contributed by atoms with Gasteiger partial charge in [0.25, 0.3) is 0 Å². The molecule has 0 aromatic carbocycles. The average Bonchev–Trinajstić information content (AvgIpc) is 2.25. The van der Waals surface area contributed by atoms with Crippen LogP contribution >= 0.6 is 0 Å². The van der Waals surface area contributed by atoms with E-state index in [1.807, 2.05) is 0 Å². The molecule has 0 aromatic heterocycles. The molecule has 0 radical (unpaired) electrons. The van der Waals surface area contributed by atoms with Crippen molar-refractivity contribution >= 4 is 11.9 Å². The Labute approximate surface area is 95.4 Å². The van der Waals surface area contributed by atoms with Crippen LogP contribution in [0.1, 0.15) is 38.5 Å². The molecule has 0 unspecified atom stereocenters. The van der Waals surface area contributed by atoms with E-state index in [9.17, 15) is 9.59 Å². The fourth-order valence-corrected chi connectivity index (χ4v) is 2.13. The third-order valence-electron chi connectivity index (χ3n) is 3.13. The van der Waals surface area contributed by atoms with Gasteiger partial charge >= 0.3 is 5.97 Å². The second kappa shape index (κ2) is 6.48. The Morgan fingerprint density at radius 2 is 1.88 bits per heavy atom. The molecule has 4 N–H and O–H groups in total. The quantitative estimate of drug-likeness (QED) is 0.577. The van der Waals surface area contributed by atoms with Crippen molar-refractivity contribution in [1.29, 1.82) is 0 Å². The molecule has 1 rings (SSSR count). The highest BCUT2D eigenvalue weighted by Gasteiger charge is 2.23. The Morgan fingerprint density at radius 3 is 2.38 bits per heavy atom. The summed E-state index contributed by atoms with van der Waals surface area (Å²) >= 11 is 0. The number of carboxylic acids is 1. The molecule has 0 heterocycles. The van der Waals surface area contributed by atoms with Crippen LogP contribution < -0.4 is 11.1 Å². The van der Waals surface area contributed by atoms with Crippen molar-refractivity contribution in [3.05, 3.63) is 0 Å². The minimum absolute atomic E-state index is 0.0390. The van der Waals surface area contributed by atoms with E-state index in [-0.39, 0.29) is 18.2 Å². The van der Waals surface area contributed by atoms with E-state index in [0.29, 0.717) is 12.5 Å². The van der Waals surface area contributed by atoms with Crippen LogP contribution in [0.25, 0.3) is 0 Å². The van der Waals surface area contributed by atoms with Gasteiger partial charge in [-0.2, -0.15) is 0 Å². The number of hydrogen-bond acceptors (Lipinski definition) is 3. The minimum Gasteiger partial charge on any atom is -0.481 e. The third kappa shape index (κ3) is 4.61. The third-order valence-corrected chi connectivity index (χ3v) is 3.13. The van der Waals surface area contributed by atoms with Gasteiger partial charge in [-0.25, -0.2) is 0 Å². The summed E-state index contributed by atoms with van der Waals surface area (Å²) in [6, 6.07) is 0.421. The highest BCUT2D eigenvalue weighted by Crippen LogP contribution is 2.23. The summed E-state index contributed by atoms with van der Waals surface area (Å²) in [7, 11) is 0. The molecule has 16 heavy (non-hydrogen) atoms. The lowest BCUT2D eigenvalue weighted by molar-refractivity contribution is -0.137. The molecule has 0 aromatic rings. The van der Waals surface area contributed by atoms with E-state index < -0.39 is 5.97 Å². The first kappa shape index (κ1) is 13.0. The number of primary amides is 1. The number of carbonyl (C=O) groups is 2. The molecule has 5 heteroatoms. The van der Waals surface area contributed by atoms with Crippen molar-refractivity contribution in [3.8, 4) is 0 Å². The number of aliphatic carboxylic acids is 1. The van der Waals surface area contributed by atoms with Crippen LogP contribution in [0, 0.1) is 5.92 Å². The van der Waals surface area contributed by atoms with Gasteiger partial charge in [0.2, 0.25) is 5.91 Å². The van der Waals surface area contributed by atoms with Gasteiger partial charge in [0.05, 0.1) is 0 Å². The summed E-state index contributed by atoms with van der Waals surface area (Å²) in [5.41, 5.74) is 5.24. The second-order valence-corrected chi connectivity index (χ2v) is 4.40. The fourth-order valence-electron chi connectivity index (χ4n) is 2.13. The van der Waals surface area contributed by atoms with Gasteiger partial charge in [-0.1, -0.05) is 0 Å². The van der Waals surface area contributed by atoms with Crippen molar-refractivity contribution in [2.75, 3.05) is 6.54 Å². The number of nitrogens with one attached hydrogen (secondary N) is 1. The topological polar surface area (TPSA) is 92.4 Å². The van der Waals surface area contributed by atoms with Crippen LogP contribution in [0.2, 0.25) is 0 Å². The fraction of sp³-hybridized carbons (Fsp3) is 0.818. The maximum atomic E-state index is 10.9. The number of hydrogen-bond donors (Lipinski definition) is 3. The minimum atomic E-state index is -0.751. The van der Waals surface area contributed by atoms with Crippen LogP contribution in [0.4, 0.5) is 0 Å². The largest absolute Gasteiger partial charge is 0.481 e. The summed E-state index contributed by atoms with van der Waals surface area (Å²) in [5.74, 6) is -0.902. The Bertz CT molecular complexity index is 248. The molecule has 1 aliphatic carbocycles. The average molecular weight is 228 g/mol. The van der Waals surface area contributed by atoms with Crippen LogP contribution in [0.3, 0.4) is 0 Å². The molecule has 1 aliphatic rings. The van der Waals surface area contributed by atoms with Gasteiger partial charge in [0.1, 0.15) is 0 Å². The van der Waals surface area contributed by atoms with Crippen LogP contribution in [-0.2, 0) is 9.59 Å². The van der Waals surface area contributed by atoms with Crippen molar-refractivity contribution in [2.24, 2.45) is 11.7 Å².